The number of nitrogens with zero attached hydrogens (tertiary/aromatic N) is 1. The van der Waals surface area contributed by atoms with Crippen molar-refractivity contribution in [1.29, 1.82) is 0 Å². The van der Waals surface area contributed by atoms with Gasteiger partial charge in [0.1, 0.15) is 44.4 Å². The van der Waals surface area contributed by atoms with Gasteiger partial charge in [-0.05, 0) is 116 Å². The highest BCUT2D eigenvalue weighted by Gasteiger charge is 2.33. The third kappa shape index (κ3) is 24.3. The Hall–Kier alpha value is -9.36. The van der Waals surface area contributed by atoms with Gasteiger partial charge in [0, 0.05) is 48.4 Å². The van der Waals surface area contributed by atoms with Crippen LogP contribution in [0.1, 0.15) is 95.9 Å². The predicted molar refractivity (Wildman–Crippen MR) is 328 cm³/mol. The fourth-order valence-electron chi connectivity index (χ4n) is 9.49. The van der Waals surface area contributed by atoms with E-state index in [0.717, 1.165) is 16.7 Å². The minimum Gasteiger partial charge on any atom is -0.508 e. The number of nitrogens with two attached hydrogens (primary N) is 1. The molecule has 0 aromatic heterocycles. The number of esters is 1. The van der Waals surface area contributed by atoms with Crippen LogP contribution < -0.4 is 27.0 Å². The van der Waals surface area contributed by atoms with Crippen LogP contribution >= 0.6 is 11.6 Å². The Morgan fingerprint density at radius 2 is 1.05 bits per heavy atom. The lowest BCUT2D eigenvalue weighted by Crippen LogP contribution is -2.47. The maximum atomic E-state index is 15.0. The molecule has 0 aliphatic carbocycles. The third-order valence-electron chi connectivity index (χ3n) is 14.2. The van der Waals surface area contributed by atoms with Crippen LogP contribution in [0, 0.1) is 25.7 Å². The number of hydrogen-bond donors (Lipinski definition) is 6. The number of nitrogens with one attached hydrogen (secondary N) is 4. The van der Waals surface area contributed by atoms with Crippen LogP contribution in [0.5, 0.6) is 5.75 Å². The van der Waals surface area contributed by atoms with E-state index < -0.39 is 84.4 Å². The first-order valence-corrected chi connectivity index (χ1v) is 29.2. The van der Waals surface area contributed by atoms with Crippen LogP contribution in [0.4, 0.5) is 14.4 Å². The van der Waals surface area contributed by atoms with Gasteiger partial charge in [0.05, 0.1) is 12.1 Å². The van der Waals surface area contributed by atoms with Crippen LogP contribution in [0.3, 0.4) is 0 Å². The number of phenols is 1. The van der Waals surface area contributed by atoms with Gasteiger partial charge in [0.2, 0.25) is 11.8 Å². The summed E-state index contributed by atoms with van der Waals surface area (Å²) in [4.78, 5) is 114. The van der Waals surface area contributed by atoms with Gasteiger partial charge in [-0.1, -0.05) is 151 Å². The molecule has 1 unspecified atom stereocenters. The molecule has 19 nitrogen and oxygen atoms in total. The molecular weight excluding hydrogens is 1130 g/mol. The van der Waals surface area contributed by atoms with Crippen molar-refractivity contribution in [2.75, 3.05) is 13.1 Å². The number of ether oxygens (including phenoxy) is 4. The summed E-state index contributed by atoms with van der Waals surface area (Å²) in [6, 6.07) is 43.5. The number of ketones is 2. The van der Waals surface area contributed by atoms with Gasteiger partial charge >= 0.3 is 24.2 Å². The Kier molecular flexibility index (Phi) is 27.5. The molecule has 0 bridgehead atoms. The number of benzene rings is 6. The molecule has 6 aromatic carbocycles. The monoisotopic (exact) mass is 1210 g/mol. The van der Waals surface area contributed by atoms with Gasteiger partial charge in [0.15, 0.2) is 11.6 Å². The number of phenolic OH excluding ortho intramolecular Hbond substituents is 1. The number of rotatable bonds is 33. The number of aryl methyl sites for hydroxylation is 2. The van der Waals surface area contributed by atoms with Crippen molar-refractivity contribution < 1.29 is 62.4 Å². The SMILES string of the molecule is Cc1cc(O)cc(C)c1C[C@H](CC(=O)C(CCCN=C(CC(=O)OCc1ccccc1)NC(=O)OCc1ccccc1)NC(=O)OCc1ccccc1)C(=O)N[C@@H](CCCCNC(=O)OCc1ccccc1Cl)C(=O)C[C@@H](Cc1ccccc1)C(N)=O. The molecule has 0 saturated carbocycles. The Morgan fingerprint density at radius 1 is 0.552 bits per heavy atom. The van der Waals surface area contributed by atoms with Gasteiger partial charge in [0.25, 0.3) is 0 Å². The number of primary amides is 1. The summed E-state index contributed by atoms with van der Waals surface area (Å²) >= 11 is 6.22. The number of aliphatic imine (C=N–C) groups is 1. The summed E-state index contributed by atoms with van der Waals surface area (Å²) in [5.74, 6) is -5.34. The maximum Gasteiger partial charge on any atom is 0.412 e. The molecular formula is C67H75ClN6O13. The first-order valence-electron chi connectivity index (χ1n) is 28.8. The minimum atomic E-state index is -1.28. The number of halogens is 1. The van der Waals surface area contributed by atoms with Crippen LogP contribution in [-0.4, -0.2) is 83.7 Å². The Balaban J connectivity index is 1.23. The van der Waals surface area contributed by atoms with Crippen molar-refractivity contribution in [3.05, 3.63) is 207 Å². The highest BCUT2D eigenvalue weighted by atomic mass is 35.5. The fourth-order valence-corrected chi connectivity index (χ4v) is 9.68. The van der Waals surface area contributed by atoms with Gasteiger partial charge < -0.3 is 45.7 Å². The second-order valence-corrected chi connectivity index (χ2v) is 21.4. The zero-order valence-electron chi connectivity index (χ0n) is 48.9. The van der Waals surface area contributed by atoms with Gasteiger partial charge in [-0.15, -0.1) is 0 Å². The van der Waals surface area contributed by atoms with Crippen molar-refractivity contribution >= 4 is 65.1 Å². The van der Waals surface area contributed by atoms with Crippen molar-refractivity contribution in [3.8, 4) is 5.75 Å². The molecule has 0 heterocycles. The van der Waals surface area contributed by atoms with Crippen LogP contribution in [0.15, 0.2) is 163 Å². The topological polar surface area (TPSA) is 280 Å². The van der Waals surface area contributed by atoms with E-state index in [1.54, 1.807) is 123 Å². The number of carbonyl (C=O) groups is 8. The van der Waals surface area contributed by atoms with Crippen molar-refractivity contribution in [2.45, 2.75) is 117 Å². The normalized spacial score (nSPS) is 12.5. The molecule has 0 spiro atoms. The summed E-state index contributed by atoms with van der Waals surface area (Å²) in [7, 11) is 0. The highest BCUT2D eigenvalue weighted by Crippen LogP contribution is 2.27. The van der Waals surface area contributed by atoms with E-state index in [4.69, 9.17) is 36.3 Å². The molecule has 20 heteroatoms. The fraction of sp³-hybridized carbons (Fsp3) is 0.328. The second-order valence-electron chi connectivity index (χ2n) is 21.0. The van der Waals surface area contributed by atoms with E-state index in [0.29, 0.717) is 45.7 Å². The lowest BCUT2D eigenvalue weighted by Gasteiger charge is -2.26. The molecule has 0 aliphatic rings. The molecule has 0 aliphatic heterocycles. The number of carbonyl (C=O) groups excluding carboxylic acids is 8. The van der Waals surface area contributed by atoms with E-state index in [9.17, 15) is 38.7 Å². The number of alkyl carbamates (subject to hydrolysis) is 3. The standard InChI is InChI=1S/C67H75ClN6O13/c1-45-34-54(75)35-46(2)55(45)37-53(64(80)72-57(59(76)38-52(63(69)79)36-47-20-7-3-8-21-47)30-17-18-32-71-65(81)87-44-51-28-15-16-29-56(51)68)39-60(77)58(73-66(82)85-42-49-24-11-5-12-25-49)31-19-33-70-61(40-62(78)84-41-48-22-9-4-10-23-48)74-67(83)86-43-50-26-13-6-14-27-50/h3-16,20-29,34-35,52-53,57-58,75H,17-19,30-33,36-44H2,1-2H3,(H2,69,79)(H,71,81)(H,72,80)(H,73,82)(H,70,74,83)/t52-,53-,57+,58?/m1/s1. The summed E-state index contributed by atoms with van der Waals surface area (Å²) < 4.78 is 21.8. The molecule has 6 aromatic rings. The quantitative estimate of drug-likeness (QED) is 0.00736. The lowest BCUT2D eigenvalue weighted by atomic mass is 9.86. The number of amides is 5. The van der Waals surface area contributed by atoms with E-state index in [-0.39, 0.29) is 89.6 Å². The number of amidine groups is 1. The number of hydrogen-bond acceptors (Lipinski definition) is 14. The van der Waals surface area contributed by atoms with Gasteiger partial charge in [-0.25, -0.2) is 14.4 Å². The zero-order valence-corrected chi connectivity index (χ0v) is 49.6. The number of unbranched alkanes of at least 4 members (excludes halogenated alkanes) is 1. The van der Waals surface area contributed by atoms with E-state index in [1.165, 1.54) is 12.1 Å². The average molecular weight is 1210 g/mol. The maximum absolute atomic E-state index is 15.0. The predicted octanol–water partition coefficient (Wildman–Crippen LogP) is 10.2. The largest absolute Gasteiger partial charge is 0.508 e. The van der Waals surface area contributed by atoms with Crippen molar-refractivity contribution in [3.63, 3.8) is 0 Å². The first kappa shape index (κ1) is 66.8. The molecule has 5 amide bonds. The molecule has 6 rings (SSSR count). The molecule has 87 heavy (non-hydrogen) atoms. The number of Topliss-reactive ketones (excluding diaryl/α,β-unsaturated/α-hetero) is 2. The lowest BCUT2D eigenvalue weighted by molar-refractivity contribution is -0.143. The van der Waals surface area contributed by atoms with Crippen LogP contribution in [0.25, 0.3) is 0 Å². The molecule has 0 fully saturated rings. The molecule has 4 atom stereocenters. The zero-order chi connectivity index (χ0) is 62.3. The Bertz CT molecular complexity index is 3180. The Morgan fingerprint density at radius 3 is 1.62 bits per heavy atom. The molecule has 7 N–H and O–H groups in total. The molecule has 0 saturated heterocycles. The summed E-state index contributed by atoms with van der Waals surface area (Å²) in [6.45, 7) is 3.31. The van der Waals surface area contributed by atoms with Gasteiger partial charge in [-0.2, -0.15) is 0 Å². The van der Waals surface area contributed by atoms with E-state index >= 15 is 4.79 Å². The second kappa shape index (κ2) is 35.8. The summed E-state index contributed by atoms with van der Waals surface area (Å²) in [5.41, 5.74) is 11.3. The molecule has 458 valence electrons. The van der Waals surface area contributed by atoms with Crippen LogP contribution in [0.2, 0.25) is 5.02 Å². The average Bonchev–Trinajstić information content (AvgIpc) is 2.91. The highest BCUT2D eigenvalue weighted by molar-refractivity contribution is 6.31. The summed E-state index contributed by atoms with van der Waals surface area (Å²) in [5, 5.41) is 21.8. The van der Waals surface area contributed by atoms with E-state index in [2.05, 4.69) is 26.3 Å². The van der Waals surface area contributed by atoms with Crippen molar-refractivity contribution in [1.82, 2.24) is 21.3 Å². The first-order chi connectivity index (χ1) is 42.0. The minimum absolute atomic E-state index is 0.00760. The van der Waals surface area contributed by atoms with E-state index in [1.807, 2.05) is 36.4 Å². The van der Waals surface area contributed by atoms with Gasteiger partial charge in [-0.3, -0.25) is 34.3 Å². The van der Waals surface area contributed by atoms with Crippen LogP contribution in [-0.2, 0) is 82.2 Å². The third-order valence-corrected chi connectivity index (χ3v) is 14.6. The molecule has 0 radical (unpaired) electrons. The number of aromatic hydroxyl groups is 1. The Labute approximate surface area is 511 Å². The van der Waals surface area contributed by atoms with Crippen molar-refractivity contribution in [2.24, 2.45) is 22.6 Å². The summed E-state index contributed by atoms with van der Waals surface area (Å²) in [6.07, 6.45) is -2.83. The smallest absolute Gasteiger partial charge is 0.412 e.